The summed E-state index contributed by atoms with van der Waals surface area (Å²) in [5, 5.41) is 0. The van der Waals surface area contributed by atoms with E-state index in [-0.39, 0.29) is 19.0 Å². The third kappa shape index (κ3) is 3.15. The number of epoxide rings is 1. The van der Waals surface area contributed by atoms with Gasteiger partial charge in [-0.3, -0.25) is 0 Å². The summed E-state index contributed by atoms with van der Waals surface area (Å²) in [7, 11) is 6.32. The van der Waals surface area contributed by atoms with E-state index in [1.807, 2.05) is 12.1 Å². The molecule has 1 aromatic rings. The highest BCUT2D eigenvalue weighted by molar-refractivity contribution is 5.54. The van der Waals surface area contributed by atoms with Crippen LogP contribution in [0.5, 0.6) is 17.2 Å². The van der Waals surface area contributed by atoms with E-state index in [0.717, 1.165) is 5.56 Å². The number of methoxy groups -OCH3 is 4. The van der Waals surface area contributed by atoms with Gasteiger partial charge in [0.25, 0.3) is 0 Å². The normalized spacial score (nSPS) is 18.5. The van der Waals surface area contributed by atoms with Gasteiger partial charge in [-0.05, 0) is 17.7 Å². The maximum absolute atomic E-state index is 5.67. The predicted molar refractivity (Wildman–Crippen MR) is 71.5 cm³/mol. The van der Waals surface area contributed by atoms with Gasteiger partial charge in [-0.15, -0.1) is 0 Å². The van der Waals surface area contributed by atoms with Crippen LogP contribution in [-0.2, 0) is 14.2 Å². The zero-order valence-corrected chi connectivity index (χ0v) is 12.2. The van der Waals surface area contributed by atoms with Crippen molar-refractivity contribution in [1.29, 1.82) is 0 Å². The Hall–Kier alpha value is -1.50. The average Bonchev–Trinajstić information content (AvgIpc) is 3.31. The van der Waals surface area contributed by atoms with Gasteiger partial charge in [0.2, 0.25) is 5.75 Å². The molecule has 1 fully saturated rings. The van der Waals surface area contributed by atoms with E-state index in [9.17, 15) is 0 Å². The molecule has 0 radical (unpaired) electrons. The molecule has 6 nitrogen and oxygen atoms in total. The Morgan fingerprint density at radius 2 is 1.70 bits per heavy atom. The van der Waals surface area contributed by atoms with Crippen LogP contribution in [0.25, 0.3) is 0 Å². The molecule has 20 heavy (non-hydrogen) atoms. The first-order valence-corrected chi connectivity index (χ1v) is 6.27. The Balaban J connectivity index is 2.33. The second-order valence-corrected chi connectivity index (χ2v) is 4.32. The molecule has 1 saturated heterocycles. The van der Waals surface area contributed by atoms with Crippen LogP contribution in [0.4, 0.5) is 0 Å². The fourth-order valence-corrected chi connectivity index (χ4v) is 2.06. The summed E-state index contributed by atoms with van der Waals surface area (Å²) in [4.78, 5) is 0. The molecule has 1 aromatic carbocycles. The van der Waals surface area contributed by atoms with Crippen molar-refractivity contribution < 1.29 is 28.4 Å². The lowest BCUT2D eigenvalue weighted by atomic mass is 10.1. The van der Waals surface area contributed by atoms with Crippen LogP contribution >= 0.6 is 0 Å². The summed E-state index contributed by atoms with van der Waals surface area (Å²) in [6.07, 6.45) is -0.184. The smallest absolute Gasteiger partial charge is 0.203 e. The van der Waals surface area contributed by atoms with E-state index in [4.69, 9.17) is 28.4 Å². The number of hydrogen-bond acceptors (Lipinski definition) is 6. The van der Waals surface area contributed by atoms with Crippen LogP contribution in [-0.4, -0.2) is 47.9 Å². The molecule has 0 aromatic heterocycles. The molecule has 1 heterocycles. The highest BCUT2D eigenvalue weighted by Gasteiger charge is 2.36. The highest BCUT2D eigenvalue weighted by atomic mass is 16.7. The minimum atomic E-state index is -0.219. The number of ether oxygens (including phenoxy) is 6. The number of rotatable bonds is 8. The van der Waals surface area contributed by atoms with Crippen LogP contribution in [0.2, 0.25) is 0 Å². The summed E-state index contributed by atoms with van der Waals surface area (Å²) in [5.41, 5.74) is 0.902. The standard InChI is InChI=1S/C14H20O6/c1-15-8-20-13(12-7-19-12)9-5-10(16-2)14(18-4)11(6-9)17-3/h5-6,12-13H,7-8H2,1-4H3/t12-,13-/m0/s1. The van der Waals surface area contributed by atoms with Gasteiger partial charge < -0.3 is 28.4 Å². The zero-order valence-electron chi connectivity index (χ0n) is 12.2. The first-order valence-electron chi connectivity index (χ1n) is 6.27. The van der Waals surface area contributed by atoms with Gasteiger partial charge in [0.1, 0.15) is 19.0 Å². The van der Waals surface area contributed by atoms with Crippen molar-refractivity contribution in [2.45, 2.75) is 12.2 Å². The van der Waals surface area contributed by atoms with Crippen LogP contribution in [0.3, 0.4) is 0 Å². The maximum atomic E-state index is 5.67. The van der Waals surface area contributed by atoms with E-state index in [0.29, 0.717) is 23.9 Å². The number of hydrogen-bond donors (Lipinski definition) is 0. The molecular formula is C14H20O6. The Morgan fingerprint density at radius 1 is 1.10 bits per heavy atom. The molecular weight excluding hydrogens is 264 g/mol. The topological polar surface area (TPSA) is 58.7 Å². The van der Waals surface area contributed by atoms with Crippen molar-refractivity contribution in [3.63, 3.8) is 0 Å². The van der Waals surface area contributed by atoms with E-state index in [1.54, 1.807) is 28.4 Å². The van der Waals surface area contributed by atoms with Crippen LogP contribution in [0.15, 0.2) is 12.1 Å². The second kappa shape index (κ2) is 6.78. The van der Waals surface area contributed by atoms with Crippen molar-refractivity contribution in [3.05, 3.63) is 17.7 Å². The fraction of sp³-hybridized carbons (Fsp3) is 0.571. The molecule has 0 bridgehead atoms. The first kappa shape index (κ1) is 14.9. The summed E-state index contributed by atoms with van der Waals surface area (Å²) in [6, 6.07) is 3.73. The molecule has 0 unspecified atom stereocenters. The molecule has 112 valence electrons. The molecule has 2 rings (SSSR count). The van der Waals surface area contributed by atoms with E-state index in [1.165, 1.54) is 0 Å². The van der Waals surface area contributed by atoms with E-state index in [2.05, 4.69) is 0 Å². The third-order valence-corrected chi connectivity index (χ3v) is 3.08. The van der Waals surface area contributed by atoms with Gasteiger partial charge >= 0.3 is 0 Å². The monoisotopic (exact) mass is 284 g/mol. The van der Waals surface area contributed by atoms with Gasteiger partial charge in [0.05, 0.1) is 27.9 Å². The highest BCUT2D eigenvalue weighted by Crippen LogP contribution is 2.42. The van der Waals surface area contributed by atoms with Crippen LogP contribution < -0.4 is 14.2 Å². The zero-order chi connectivity index (χ0) is 14.5. The molecule has 2 atom stereocenters. The molecule has 0 spiro atoms. The van der Waals surface area contributed by atoms with Crippen LogP contribution in [0.1, 0.15) is 11.7 Å². The lowest BCUT2D eigenvalue weighted by Crippen LogP contribution is -2.13. The van der Waals surface area contributed by atoms with Gasteiger partial charge in [0, 0.05) is 7.11 Å². The van der Waals surface area contributed by atoms with E-state index >= 15 is 0 Å². The van der Waals surface area contributed by atoms with Crippen molar-refractivity contribution in [2.75, 3.05) is 41.8 Å². The van der Waals surface area contributed by atoms with Gasteiger partial charge in [-0.2, -0.15) is 0 Å². The largest absolute Gasteiger partial charge is 0.493 e. The predicted octanol–water partition coefficient (Wildman–Crippen LogP) is 1.77. The van der Waals surface area contributed by atoms with Crippen LogP contribution in [0, 0.1) is 0 Å². The van der Waals surface area contributed by atoms with Gasteiger partial charge in [-0.1, -0.05) is 0 Å². The summed E-state index contributed by atoms with van der Waals surface area (Å²) in [5.74, 6) is 1.74. The first-order chi connectivity index (χ1) is 9.74. The molecule has 6 heteroatoms. The molecule has 0 N–H and O–H groups in total. The second-order valence-electron chi connectivity index (χ2n) is 4.32. The maximum Gasteiger partial charge on any atom is 0.203 e. The van der Waals surface area contributed by atoms with Crippen molar-refractivity contribution in [1.82, 2.24) is 0 Å². The quantitative estimate of drug-likeness (QED) is 0.535. The molecule has 1 aliphatic rings. The SMILES string of the molecule is COCO[C@@H](c1cc(OC)c(OC)c(OC)c1)[C@@H]1CO1. The van der Waals surface area contributed by atoms with Crippen molar-refractivity contribution in [3.8, 4) is 17.2 Å². The Labute approximate surface area is 118 Å². The lowest BCUT2D eigenvalue weighted by Gasteiger charge is -2.19. The van der Waals surface area contributed by atoms with Gasteiger partial charge in [-0.25, -0.2) is 0 Å². The lowest BCUT2D eigenvalue weighted by molar-refractivity contribution is -0.0814. The summed E-state index contributed by atoms with van der Waals surface area (Å²) < 4.78 is 32.0. The van der Waals surface area contributed by atoms with E-state index < -0.39 is 0 Å². The minimum Gasteiger partial charge on any atom is -0.493 e. The molecule has 1 aliphatic heterocycles. The third-order valence-electron chi connectivity index (χ3n) is 3.08. The summed E-state index contributed by atoms with van der Waals surface area (Å²) >= 11 is 0. The average molecular weight is 284 g/mol. The van der Waals surface area contributed by atoms with Crippen molar-refractivity contribution >= 4 is 0 Å². The van der Waals surface area contributed by atoms with Crippen molar-refractivity contribution in [2.24, 2.45) is 0 Å². The minimum absolute atomic E-state index is 0.0351. The molecule has 0 aliphatic carbocycles. The molecule has 0 saturated carbocycles. The molecule has 0 amide bonds. The number of benzene rings is 1. The fourth-order valence-electron chi connectivity index (χ4n) is 2.06. The Kier molecular flexibility index (Phi) is 5.05. The van der Waals surface area contributed by atoms with Gasteiger partial charge in [0.15, 0.2) is 11.5 Å². The summed E-state index contributed by atoms with van der Waals surface area (Å²) in [6.45, 7) is 0.867. The Morgan fingerprint density at radius 3 is 2.10 bits per heavy atom. The Bertz CT molecular complexity index is 418.